The fourth-order valence-electron chi connectivity index (χ4n) is 2.46. The van der Waals surface area contributed by atoms with Crippen LogP contribution in [0.4, 0.5) is 5.69 Å². The van der Waals surface area contributed by atoms with Gasteiger partial charge in [-0.1, -0.05) is 12.1 Å². The van der Waals surface area contributed by atoms with Gasteiger partial charge in [0.05, 0.1) is 5.69 Å². The van der Waals surface area contributed by atoms with Gasteiger partial charge in [-0.25, -0.2) is 4.98 Å². The molecule has 0 fully saturated rings. The lowest BCUT2D eigenvalue weighted by Gasteiger charge is -2.03. The molecule has 0 aliphatic carbocycles. The fourth-order valence-corrected chi connectivity index (χ4v) is 3.25. The number of nitriles is 1. The number of hydrogen-bond donors (Lipinski definition) is 2. The SMILES string of the molecule is Cc1ccc(-c2csc(/C(C#N)=C/Nc3ccc(C(N)=O)cc3)n2)cc1C. The highest BCUT2D eigenvalue weighted by Gasteiger charge is 2.10. The number of amides is 1. The summed E-state index contributed by atoms with van der Waals surface area (Å²) < 4.78 is 0. The van der Waals surface area contributed by atoms with Gasteiger partial charge in [0, 0.05) is 28.4 Å². The molecule has 27 heavy (non-hydrogen) atoms. The van der Waals surface area contributed by atoms with Crippen molar-refractivity contribution in [1.29, 1.82) is 5.26 Å². The van der Waals surface area contributed by atoms with E-state index in [4.69, 9.17) is 5.73 Å². The Hall–Kier alpha value is -3.43. The lowest BCUT2D eigenvalue weighted by molar-refractivity contribution is 0.100. The number of benzene rings is 2. The summed E-state index contributed by atoms with van der Waals surface area (Å²) in [6, 6.07) is 15.1. The number of aromatic nitrogens is 1. The van der Waals surface area contributed by atoms with Crippen molar-refractivity contribution in [1.82, 2.24) is 4.98 Å². The van der Waals surface area contributed by atoms with E-state index in [0.29, 0.717) is 16.1 Å². The second-order valence-electron chi connectivity index (χ2n) is 6.09. The molecule has 0 aliphatic heterocycles. The lowest BCUT2D eigenvalue weighted by Crippen LogP contribution is -2.10. The molecule has 0 unspecified atom stereocenters. The number of nitrogens with one attached hydrogen (secondary N) is 1. The topological polar surface area (TPSA) is 91.8 Å². The van der Waals surface area contributed by atoms with Gasteiger partial charge in [-0.2, -0.15) is 5.26 Å². The Bertz CT molecular complexity index is 1060. The van der Waals surface area contributed by atoms with Crippen molar-refractivity contribution in [3.63, 3.8) is 0 Å². The van der Waals surface area contributed by atoms with Crippen molar-refractivity contribution < 1.29 is 4.79 Å². The van der Waals surface area contributed by atoms with Crippen LogP contribution in [0.5, 0.6) is 0 Å². The first-order chi connectivity index (χ1) is 13.0. The Labute approximate surface area is 161 Å². The Morgan fingerprint density at radius 1 is 1.19 bits per heavy atom. The van der Waals surface area contributed by atoms with Gasteiger partial charge in [0.1, 0.15) is 16.6 Å². The highest BCUT2D eigenvalue weighted by molar-refractivity contribution is 7.11. The second-order valence-corrected chi connectivity index (χ2v) is 6.95. The number of primary amides is 1. The Morgan fingerprint density at radius 2 is 1.93 bits per heavy atom. The van der Waals surface area contributed by atoms with Crippen LogP contribution in [-0.4, -0.2) is 10.9 Å². The molecule has 3 rings (SSSR count). The van der Waals surface area contributed by atoms with E-state index in [1.807, 2.05) is 11.4 Å². The molecule has 0 atom stereocenters. The minimum absolute atomic E-state index is 0.433. The first kappa shape index (κ1) is 18.4. The van der Waals surface area contributed by atoms with Crippen LogP contribution >= 0.6 is 11.3 Å². The molecule has 134 valence electrons. The number of carbonyl (C=O) groups excluding carboxylic acids is 1. The van der Waals surface area contributed by atoms with Crippen LogP contribution in [0.3, 0.4) is 0 Å². The number of rotatable bonds is 5. The van der Waals surface area contributed by atoms with Gasteiger partial charge >= 0.3 is 0 Å². The summed E-state index contributed by atoms with van der Waals surface area (Å²) in [6.07, 6.45) is 1.61. The smallest absolute Gasteiger partial charge is 0.248 e. The molecular weight excluding hydrogens is 356 g/mol. The number of carbonyl (C=O) groups is 1. The molecule has 1 amide bonds. The van der Waals surface area contributed by atoms with Crippen molar-refractivity contribution >= 4 is 28.5 Å². The molecule has 3 aromatic rings. The van der Waals surface area contributed by atoms with Crippen LogP contribution in [-0.2, 0) is 0 Å². The summed E-state index contributed by atoms with van der Waals surface area (Å²) >= 11 is 1.43. The zero-order chi connectivity index (χ0) is 19.4. The first-order valence-corrected chi connectivity index (χ1v) is 9.16. The molecule has 1 aromatic heterocycles. The number of nitrogens with zero attached hydrogens (tertiary/aromatic N) is 2. The minimum atomic E-state index is -0.475. The van der Waals surface area contributed by atoms with Crippen molar-refractivity contribution in [2.24, 2.45) is 5.73 Å². The second kappa shape index (κ2) is 7.85. The number of anilines is 1. The van der Waals surface area contributed by atoms with E-state index in [-0.39, 0.29) is 0 Å². The average Bonchev–Trinajstić information content (AvgIpc) is 3.15. The van der Waals surface area contributed by atoms with Gasteiger partial charge in [-0.15, -0.1) is 11.3 Å². The summed E-state index contributed by atoms with van der Waals surface area (Å²) in [5, 5.41) is 15.1. The minimum Gasteiger partial charge on any atom is -0.366 e. The zero-order valence-electron chi connectivity index (χ0n) is 15.0. The molecule has 0 aliphatic rings. The Kier molecular flexibility index (Phi) is 5.34. The highest BCUT2D eigenvalue weighted by atomic mass is 32.1. The van der Waals surface area contributed by atoms with Crippen LogP contribution in [0, 0.1) is 25.2 Å². The molecule has 0 radical (unpaired) electrons. The van der Waals surface area contributed by atoms with Gasteiger partial charge in [0.25, 0.3) is 0 Å². The molecule has 0 saturated carbocycles. The van der Waals surface area contributed by atoms with Crippen LogP contribution < -0.4 is 11.1 Å². The summed E-state index contributed by atoms with van der Waals surface area (Å²) in [5.41, 5.74) is 11.2. The van der Waals surface area contributed by atoms with Gasteiger partial charge in [-0.05, 0) is 55.3 Å². The van der Waals surface area contributed by atoms with E-state index in [0.717, 1.165) is 16.9 Å². The molecule has 6 heteroatoms. The largest absolute Gasteiger partial charge is 0.366 e. The molecule has 2 aromatic carbocycles. The molecule has 0 spiro atoms. The number of hydrogen-bond acceptors (Lipinski definition) is 5. The first-order valence-electron chi connectivity index (χ1n) is 8.28. The third-order valence-corrected chi connectivity index (χ3v) is 5.09. The van der Waals surface area contributed by atoms with Gasteiger partial charge in [-0.3, -0.25) is 4.79 Å². The molecule has 0 bridgehead atoms. The van der Waals surface area contributed by atoms with Crippen molar-refractivity contribution in [3.8, 4) is 17.3 Å². The molecule has 3 N–H and O–H groups in total. The summed E-state index contributed by atoms with van der Waals surface area (Å²) in [6.45, 7) is 4.14. The fraction of sp³-hybridized carbons (Fsp3) is 0.0952. The normalized spacial score (nSPS) is 11.1. The number of nitrogens with two attached hydrogens (primary N) is 1. The average molecular weight is 374 g/mol. The van der Waals surface area contributed by atoms with E-state index >= 15 is 0 Å². The molecule has 0 saturated heterocycles. The maximum Gasteiger partial charge on any atom is 0.248 e. The van der Waals surface area contributed by atoms with E-state index in [1.54, 1.807) is 30.5 Å². The summed E-state index contributed by atoms with van der Waals surface area (Å²) in [4.78, 5) is 15.7. The van der Waals surface area contributed by atoms with Gasteiger partial charge in [0.15, 0.2) is 0 Å². The zero-order valence-corrected chi connectivity index (χ0v) is 15.8. The quantitative estimate of drug-likeness (QED) is 0.643. The molecular formula is C21H18N4OS. The number of aryl methyl sites for hydroxylation is 2. The van der Waals surface area contributed by atoms with Crippen molar-refractivity contribution in [2.75, 3.05) is 5.32 Å². The van der Waals surface area contributed by atoms with E-state index < -0.39 is 5.91 Å². The Balaban J connectivity index is 1.80. The monoisotopic (exact) mass is 374 g/mol. The summed E-state index contributed by atoms with van der Waals surface area (Å²) in [5.74, 6) is -0.475. The standard InChI is InChI=1S/C21H18N4OS/c1-13-3-4-16(9-14(13)2)19-12-27-21(25-19)17(10-22)11-24-18-7-5-15(6-8-18)20(23)26/h3-9,11-12,24H,1-2H3,(H2,23,26)/b17-11+. The van der Waals surface area contributed by atoms with Crippen molar-refractivity contribution in [2.45, 2.75) is 13.8 Å². The predicted molar refractivity (Wildman–Crippen MR) is 109 cm³/mol. The maximum absolute atomic E-state index is 11.1. The van der Waals surface area contributed by atoms with Crippen LogP contribution in [0.1, 0.15) is 26.5 Å². The molecule has 1 heterocycles. The number of allylic oxidation sites excluding steroid dienone is 1. The van der Waals surface area contributed by atoms with Gasteiger partial charge < -0.3 is 11.1 Å². The van der Waals surface area contributed by atoms with Crippen LogP contribution in [0.2, 0.25) is 0 Å². The lowest BCUT2D eigenvalue weighted by atomic mass is 10.1. The summed E-state index contributed by atoms with van der Waals surface area (Å²) in [7, 11) is 0. The highest BCUT2D eigenvalue weighted by Crippen LogP contribution is 2.27. The maximum atomic E-state index is 11.1. The number of thiazole rings is 1. The van der Waals surface area contributed by atoms with E-state index in [2.05, 4.69) is 42.4 Å². The van der Waals surface area contributed by atoms with E-state index in [9.17, 15) is 10.1 Å². The molecule has 5 nitrogen and oxygen atoms in total. The van der Waals surface area contributed by atoms with Crippen LogP contribution in [0.25, 0.3) is 16.8 Å². The van der Waals surface area contributed by atoms with Crippen molar-refractivity contribution in [3.05, 3.63) is 75.7 Å². The third kappa shape index (κ3) is 4.22. The van der Waals surface area contributed by atoms with Gasteiger partial charge in [0.2, 0.25) is 5.91 Å². The third-order valence-electron chi connectivity index (χ3n) is 4.21. The Morgan fingerprint density at radius 3 is 2.56 bits per heavy atom. The predicted octanol–water partition coefficient (Wildman–Crippen LogP) is 4.50. The van der Waals surface area contributed by atoms with Crippen LogP contribution in [0.15, 0.2) is 54.0 Å². The van der Waals surface area contributed by atoms with E-state index in [1.165, 1.54) is 22.5 Å².